The maximum atomic E-state index is 12.3. The number of para-hydroxylation sites is 1. The zero-order chi connectivity index (χ0) is 13.1. The Kier molecular flexibility index (Phi) is 3.83. The van der Waals surface area contributed by atoms with E-state index in [-0.39, 0.29) is 5.78 Å². The highest BCUT2D eigenvalue weighted by atomic mass is 32.2. The van der Waals surface area contributed by atoms with E-state index < -0.39 is 0 Å². The number of hydrogen-bond acceptors (Lipinski definition) is 3. The van der Waals surface area contributed by atoms with Gasteiger partial charge in [-0.1, -0.05) is 18.2 Å². The van der Waals surface area contributed by atoms with Crippen LogP contribution >= 0.6 is 11.8 Å². The van der Waals surface area contributed by atoms with E-state index in [0.717, 1.165) is 16.5 Å². The molecule has 1 aliphatic heterocycles. The number of ketones is 1. The second-order valence-corrected chi connectivity index (χ2v) is 6.32. The Morgan fingerprint density at radius 1 is 1.26 bits per heavy atom. The van der Waals surface area contributed by atoms with Crippen molar-refractivity contribution in [3.05, 3.63) is 42.1 Å². The molecule has 0 amide bonds. The highest BCUT2D eigenvalue weighted by Gasteiger charge is 2.18. The van der Waals surface area contributed by atoms with E-state index in [1.807, 2.05) is 42.1 Å². The highest BCUT2D eigenvalue weighted by molar-refractivity contribution is 7.99. The highest BCUT2D eigenvalue weighted by Crippen LogP contribution is 2.26. The summed E-state index contributed by atoms with van der Waals surface area (Å²) in [5.74, 6) is 3.22. The number of fused-ring (bicyclic) bond motifs is 1. The lowest BCUT2D eigenvalue weighted by atomic mass is 9.94. The minimum atomic E-state index is 0.246. The maximum Gasteiger partial charge on any atom is 0.164 e. The smallest absolute Gasteiger partial charge is 0.164 e. The Bertz CT molecular complexity index is 590. The quantitative estimate of drug-likeness (QED) is 0.792. The molecular formula is C16H17NOS. The second-order valence-electron chi connectivity index (χ2n) is 5.10. The molecule has 1 fully saturated rings. The summed E-state index contributed by atoms with van der Waals surface area (Å²) in [5.41, 5.74) is 1.71. The lowest BCUT2D eigenvalue weighted by molar-refractivity contribution is 0.0958. The molecule has 0 aliphatic carbocycles. The molecule has 3 heteroatoms. The minimum absolute atomic E-state index is 0.246. The van der Waals surface area contributed by atoms with Gasteiger partial charge in [-0.2, -0.15) is 11.8 Å². The van der Waals surface area contributed by atoms with Gasteiger partial charge < -0.3 is 0 Å². The molecule has 0 bridgehead atoms. The van der Waals surface area contributed by atoms with Gasteiger partial charge in [-0.25, -0.2) is 0 Å². The van der Waals surface area contributed by atoms with E-state index in [1.54, 1.807) is 6.20 Å². The molecule has 0 atom stereocenters. The lowest BCUT2D eigenvalue weighted by Gasteiger charge is -2.20. The molecule has 0 radical (unpaired) electrons. The summed E-state index contributed by atoms with van der Waals surface area (Å²) < 4.78 is 0. The van der Waals surface area contributed by atoms with Crippen LogP contribution in [0.15, 0.2) is 36.5 Å². The largest absolute Gasteiger partial charge is 0.294 e. The number of nitrogens with zero attached hydrogens (tertiary/aromatic N) is 1. The fourth-order valence-corrected chi connectivity index (χ4v) is 3.76. The van der Waals surface area contributed by atoms with Crippen LogP contribution in [0.5, 0.6) is 0 Å². The fourth-order valence-electron chi connectivity index (χ4n) is 2.55. The maximum absolute atomic E-state index is 12.3. The molecule has 3 rings (SSSR count). The molecule has 19 heavy (non-hydrogen) atoms. The van der Waals surface area contributed by atoms with E-state index >= 15 is 0 Å². The van der Waals surface area contributed by atoms with Crippen LogP contribution in [0.2, 0.25) is 0 Å². The number of hydrogen-bond donors (Lipinski definition) is 0. The number of Topliss-reactive ketones (excluding diaryl/α,β-unsaturated/α-hetero) is 1. The van der Waals surface area contributed by atoms with Gasteiger partial charge in [0.05, 0.1) is 5.52 Å². The number of benzene rings is 1. The van der Waals surface area contributed by atoms with Crippen LogP contribution in [0.3, 0.4) is 0 Å². The molecule has 1 aromatic heterocycles. The average molecular weight is 271 g/mol. The Balaban J connectivity index is 1.77. The molecular weight excluding hydrogens is 254 g/mol. The van der Waals surface area contributed by atoms with Gasteiger partial charge in [0.25, 0.3) is 0 Å². The molecule has 1 saturated heterocycles. The monoisotopic (exact) mass is 271 g/mol. The van der Waals surface area contributed by atoms with E-state index in [9.17, 15) is 4.79 Å². The average Bonchev–Trinajstić information content (AvgIpc) is 2.48. The van der Waals surface area contributed by atoms with Crippen molar-refractivity contribution in [2.75, 3.05) is 11.5 Å². The van der Waals surface area contributed by atoms with Crippen molar-refractivity contribution < 1.29 is 4.79 Å². The van der Waals surface area contributed by atoms with Crippen molar-refractivity contribution in [2.45, 2.75) is 19.3 Å². The van der Waals surface area contributed by atoms with E-state index in [4.69, 9.17) is 0 Å². The van der Waals surface area contributed by atoms with Gasteiger partial charge in [-0.05, 0) is 42.4 Å². The predicted molar refractivity (Wildman–Crippen MR) is 80.7 cm³/mol. The van der Waals surface area contributed by atoms with E-state index in [0.29, 0.717) is 12.3 Å². The number of rotatable bonds is 3. The Morgan fingerprint density at radius 3 is 2.89 bits per heavy atom. The van der Waals surface area contributed by atoms with Crippen LogP contribution in [0.1, 0.15) is 29.6 Å². The second kappa shape index (κ2) is 5.74. The normalized spacial score (nSPS) is 16.6. The minimum Gasteiger partial charge on any atom is -0.294 e. The summed E-state index contributed by atoms with van der Waals surface area (Å²) in [7, 11) is 0. The SMILES string of the molecule is O=C(CC1CCSCC1)c1cnc2ccccc2c1. The molecule has 2 aromatic rings. The van der Waals surface area contributed by atoms with Crippen molar-refractivity contribution >= 4 is 28.4 Å². The number of thioether (sulfide) groups is 1. The molecule has 0 spiro atoms. The molecule has 0 unspecified atom stereocenters. The summed E-state index contributed by atoms with van der Waals surface area (Å²) in [6.07, 6.45) is 4.76. The third-order valence-corrected chi connectivity index (χ3v) is 4.78. The van der Waals surface area contributed by atoms with Crippen molar-refractivity contribution in [2.24, 2.45) is 5.92 Å². The van der Waals surface area contributed by atoms with Crippen LogP contribution in [-0.2, 0) is 0 Å². The fraction of sp³-hybridized carbons (Fsp3) is 0.375. The topological polar surface area (TPSA) is 30.0 Å². The van der Waals surface area contributed by atoms with Crippen LogP contribution in [0, 0.1) is 5.92 Å². The van der Waals surface area contributed by atoms with Crippen molar-refractivity contribution in [3.63, 3.8) is 0 Å². The van der Waals surface area contributed by atoms with Crippen LogP contribution in [0.25, 0.3) is 10.9 Å². The van der Waals surface area contributed by atoms with E-state index in [1.165, 1.54) is 24.3 Å². The van der Waals surface area contributed by atoms with Crippen LogP contribution < -0.4 is 0 Å². The molecule has 98 valence electrons. The molecule has 2 heterocycles. The van der Waals surface area contributed by atoms with Gasteiger partial charge in [-0.3, -0.25) is 9.78 Å². The van der Waals surface area contributed by atoms with Crippen LogP contribution in [0.4, 0.5) is 0 Å². The predicted octanol–water partition coefficient (Wildman–Crippen LogP) is 3.95. The van der Waals surface area contributed by atoms with Crippen LogP contribution in [-0.4, -0.2) is 22.3 Å². The first-order valence-corrected chi connectivity index (χ1v) is 7.94. The zero-order valence-electron chi connectivity index (χ0n) is 10.8. The molecule has 0 N–H and O–H groups in total. The molecule has 1 aromatic carbocycles. The van der Waals surface area contributed by atoms with Gasteiger partial charge in [0.2, 0.25) is 0 Å². The first-order valence-electron chi connectivity index (χ1n) is 6.78. The zero-order valence-corrected chi connectivity index (χ0v) is 11.7. The summed E-state index contributed by atoms with van der Waals surface area (Å²) in [6, 6.07) is 9.91. The Labute approximate surface area is 117 Å². The third-order valence-electron chi connectivity index (χ3n) is 3.73. The summed E-state index contributed by atoms with van der Waals surface area (Å²) >= 11 is 2.00. The van der Waals surface area contributed by atoms with Gasteiger partial charge in [0.1, 0.15) is 0 Å². The number of carbonyl (C=O) groups is 1. The Hall–Kier alpha value is -1.35. The molecule has 2 nitrogen and oxygen atoms in total. The van der Waals surface area contributed by atoms with E-state index in [2.05, 4.69) is 4.98 Å². The summed E-state index contributed by atoms with van der Waals surface area (Å²) in [6.45, 7) is 0. The first kappa shape index (κ1) is 12.7. The number of carbonyl (C=O) groups excluding carboxylic acids is 1. The first-order chi connectivity index (χ1) is 9.33. The summed E-state index contributed by atoms with van der Waals surface area (Å²) in [5, 5.41) is 1.05. The number of pyridine rings is 1. The van der Waals surface area contributed by atoms with Crippen molar-refractivity contribution in [1.82, 2.24) is 4.98 Å². The van der Waals surface area contributed by atoms with Gasteiger partial charge in [0.15, 0.2) is 5.78 Å². The van der Waals surface area contributed by atoms with Gasteiger partial charge in [-0.15, -0.1) is 0 Å². The van der Waals surface area contributed by atoms with Gasteiger partial charge >= 0.3 is 0 Å². The summed E-state index contributed by atoms with van der Waals surface area (Å²) in [4.78, 5) is 16.7. The standard InChI is InChI=1S/C16H17NOS/c18-16(9-12-5-7-19-8-6-12)14-10-13-3-1-2-4-15(13)17-11-14/h1-4,10-12H,5-9H2. The Morgan fingerprint density at radius 2 is 2.05 bits per heavy atom. The lowest BCUT2D eigenvalue weighted by Crippen LogP contribution is -2.14. The number of aromatic nitrogens is 1. The molecule has 1 aliphatic rings. The van der Waals surface area contributed by atoms with Crippen molar-refractivity contribution in [1.29, 1.82) is 0 Å². The molecule has 0 saturated carbocycles. The van der Waals surface area contributed by atoms with Gasteiger partial charge in [0, 0.05) is 23.6 Å². The third kappa shape index (κ3) is 2.98. The van der Waals surface area contributed by atoms with Crippen molar-refractivity contribution in [3.8, 4) is 0 Å².